The first kappa shape index (κ1) is 18.5. The summed E-state index contributed by atoms with van der Waals surface area (Å²) in [6.45, 7) is 6.77. The van der Waals surface area contributed by atoms with Gasteiger partial charge in [-0.15, -0.1) is 0 Å². The number of guanidine groups is 1. The highest BCUT2D eigenvalue weighted by molar-refractivity contribution is 5.79. The van der Waals surface area contributed by atoms with Crippen molar-refractivity contribution < 1.29 is 4.42 Å². The third-order valence-electron chi connectivity index (χ3n) is 4.77. The molecule has 1 aromatic carbocycles. The fraction of sp³-hybridized carbons (Fsp3) is 0.476. The lowest BCUT2D eigenvalue weighted by Crippen LogP contribution is -2.39. The van der Waals surface area contributed by atoms with Gasteiger partial charge in [-0.05, 0) is 57.0 Å². The molecule has 26 heavy (non-hydrogen) atoms. The first-order chi connectivity index (χ1) is 12.9. The molecule has 1 aliphatic rings. The van der Waals surface area contributed by atoms with E-state index in [0.29, 0.717) is 6.54 Å². The largest absolute Gasteiger partial charge is 0.468 e. The number of likely N-dealkylation sites (tertiary alicyclic amines) is 1. The fourth-order valence-corrected chi connectivity index (χ4v) is 3.41. The second kappa shape index (κ2) is 10.0. The highest BCUT2D eigenvalue weighted by Crippen LogP contribution is 2.25. The second-order valence-electron chi connectivity index (χ2n) is 6.66. The Kier molecular flexibility index (Phi) is 7.14. The van der Waals surface area contributed by atoms with E-state index in [2.05, 4.69) is 58.9 Å². The van der Waals surface area contributed by atoms with Gasteiger partial charge in [0.2, 0.25) is 0 Å². The van der Waals surface area contributed by atoms with E-state index >= 15 is 0 Å². The van der Waals surface area contributed by atoms with Crippen LogP contribution < -0.4 is 10.6 Å². The maximum atomic E-state index is 5.69. The molecule has 1 atom stereocenters. The summed E-state index contributed by atoms with van der Waals surface area (Å²) in [5, 5.41) is 6.80. The second-order valence-corrected chi connectivity index (χ2v) is 6.66. The van der Waals surface area contributed by atoms with E-state index in [-0.39, 0.29) is 6.04 Å². The van der Waals surface area contributed by atoms with Crippen LogP contribution >= 0.6 is 0 Å². The molecule has 1 aromatic heterocycles. The monoisotopic (exact) mass is 354 g/mol. The molecular formula is C21H30N4O. The average molecular weight is 354 g/mol. The Morgan fingerprint density at radius 3 is 2.62 bits per heavy atom. The molecule has 5 heteroatoms. The van der Waals surface area contributed by atoms with Crippen molar-refractivity contribution in [3.63, 3.8) is 0 Å². The molecule has 0 aliphatic carbocycles. The number of nitrogens with one attached hydrogen (secondary N) is 2. The Balaban J connectivity index is 1.59. The maximum absolute atomic E-state index is 5.69. The van der Waals surface area contributed by atoms with E-state index in [9.17, 15) is 0 Å². The van der Waals surface area contributed by atoms with Gasteiger partial charge in [-0.1, -0.05) is 30.3 Å². The van der Waals surface area contributed by atoms with Gasteiger partial charge in [0, 0.05) is 13.1 Å². The van der Waals surface area contributed by atoms with Crippen LogP contribution in [0.5, 0.6) is 0 Å². The van der Waals surface area contributed by atoms with Crippen LogP contribution in [0.1, 0.15) is 37.1 Å². The van der Waals surface area contributed by atoms with E-state index in [4.69, 9.17) is 9.41 Å². The molecule has 0 saturated carbocycles. The molecule has 5 nitrogen and oxygen atoms in total. The zero-order chi connectivity index (χ0) is 18.0. The highest BCUT2D eigenvalue weighted by Gasteiger charge is 2.25. The van der Waals surface area contributed by atoms with Gasteiger partial charge in [0.25, 0.3) is 0 Å². The molecule has 1 aliphatic heterocycles. The summed E-state index contributed by atoms with van der Waals surface area (Å²) < 4.78 is 5.69. The number of benzene rings is 1. The average Bonchev–Trinajstić information content (AvgIpc) is 3.37. The van der Waals surface area contributed by atoms with Gasteiger partial charge < -0.3 is 15.1 Å². The standard InChI is InChI=1S/C21H30N4O/c1-2-22-21(23-13-12-18-9-4-3-5-10-18)24-17-19(20-11-8-16-26-20)25-14-6-7-15-25/h3-5,8-11,16,19H,2,6-7,12-15,17H2,1H3,(H2,22,23,24). The number of hydrogen-bond donors (Lipinski definition) is 2. The summed E-state index contributed by atoms with van der Waals surface area (Å²) in [5.74, 6) is 1.88. The highest BCUT2D eigenvalue weighted by atomic mass is 16.3. The van der Waals surface area contributed by atoms with Gasteiger partial charge in [0.05, 0.1) is 18.8 Å². The van der Waals surface area contributed by atoms with Gasteiger partial charge >= 0.3 is 0 Å². The summed E-state index contributed by atoms with van der Waals surface area (Å²) in [6, 6.07) is 14.8. The van der Waals surface area contributed by atoms with Crippen LogP contribution in [-0.4, -0.2) is 43.6 Å². The SMILES string of the molecule is CCNC(=NCC(c1ccco1)N1CCCC1)NCCc1ccccc1. The molecule has 2 N–H and O–H groups in total. The van der Waals surface area contributed by atoms with E-state index < -0.39 is 0 Å². The smallest absolute Gasteiger partial charge is 0.191 e. The Hall–Kier alpha value is -2.27. The number of furan rings is 1. The van der Waals surface area contributed by atoms with Crippen molar-refractivity contribution >= 4 is 5.96 Å². The lowest BCUT2D eigenvalue weighted by molar-refractivity contribution is 0.221. The fourth-order valence-electron chi connectivity index (χ4n) is 3.41. The number of aliphatic imine (C=N–C) groups is 1. The summed E-state index contributed by atoms with van der Waals surface area (Å²) >= 11 is 0. The van der Waals surface area contributed by atoms with Crippen LogP contribution in [0, 0.1) is 0 Å². The van der Waals surface area contributed by atoms with Crippen molar-refractivity contribution in [1.82, 2.24) is 15.5 Å². The van der Waals surface area contributed by atoms with Crippen LogP contribution in [0.4, 0.5) is 0 Å². The predicted octanol–water partition coefficient (Wildman–Crippen LogP) is 3.21. The van der Waals surface area contributed by atoms with E-state index in [1.807, 2.05) is 6.07 Å². The van der Waals surface area contributed by atoms with Crippen molar-refractivity contribution in [3.8, 4) is 0 Å². The van der Waals surface area contributed by atoms with E-state index in [0.717, 1.165) is 44.3 Å². The molecule has 0 radical (unpaired) electrons. The number of rotatable bonds is 8. The first-order valence-corrected chi connectivity index (χ1v) is 9.70. The van der Waals surface area contributed by atoms with Crippen molar-refractivity contribution in [1.29, 1.82) is 0 Å². The number of nitrogens with zero attached hydrogens (tertiary/aromatic N) is 2. The molecule has 0 spiro atoms. The van der Waals surface area contributed by atoms with Crippen molar-refractivity contribution in [2.24, 2.45) is 4.99 Å². The van der Waals surface area contributed by atoms with Gasteiger partial charge in [-0.2, -0.15) is 0 Å². The van der Waals surface area contributed by atoms with E-state index in [1.165, 1.54) is 18.4 Å². The Morgan fingerprint density at radius 1 is 1.12 bits per heavy atom. The van der Waals surface area contributed by atoms with Gasteiger partial charge in [-0.3, -0.25) is 9.89 Å². The Labute approximate surface area is 156 Å². The molecule has 1 fully saturated rings. The minimum absolute atomic E-state index is 0.220. The topological polar surface area (TPSA) is 52.8 Å². The molecule has 2 heterocycles. The lowest BCUT2D eigenvalue weighted by atomic mass is 10.1. The minimum Gasteiger partial charge on any atom is -0.468 e. The molecule has 3 rings (SSSR count). The first-order valence-electron chi connectivity index (χ1n) is 9.70. The van der Waals surface area contributed by atoms with Gasteiger partial charge in [0.1, 0.15) is 5.76 Å². The molecule has 1 unspecified atom stereocenters. The van der Waals surface area contributed by atoms with E-state index in [1.54, 1.807) is 6.26 Å². The van der Waals surface area contributed by atoms with Crippen LogP contribution in [-0.2, 0) is 6.42 Å². The quantitative estimate of drug-likeness (QED) is 0.565. The summed E-state index contributed by atoms with van der Waals surface area (Å²) in [4.78, 5) is 7.32. The molecule has 0 bridgehead atoms. The van der Waals surface area contributed by atoms with Crippen LogP contribution in [0.3, 0.4) is 0 Å². The third-order valence-corrected chi connectivity index (χ3v) is 4.77. The third kappa shape index (κ3) is 5.36. The Bertz CT molecular complexity index is 648. The zero-order valence-corrected chi connectivity index (χ0v) is 15.7. The van der Waals surface area contributed by atoms with Gasteiger partial charge in [0.15, 0.2) is 5.96 Å². The summed E-state index contributed by atoms with van der Waals surface area (Å²) in [5.41, 5.74) is 1.33. The normalized spacial score (nSPS) is 16.6. The maximum Gasteiger partial charge on any atom is 0.191 e. The molecule has 2 aromatic rings. The predicted molar refractivity (Wildman–Crippen MR) is 106 cm³/mol. The van der Waals surface area contributed by atoms with Crippen LogP contribution in [0.25, 0.3) is 0 Å². The minimum atomic E-state index is 0.220. The zero-order valence-electron chi connectivity index (χ0n) is 15.7. The molecular weight excluding hydrogens is 324 g/mol. The van der Waals surface area contributed by atoms with Gasteiger partial charge in [-0.25, -0.2) is 0 Å². The molecule has 0 amide bonds. The van der Waals surface area contributed by atoms with Crippen molar-refractivity contribution in [2.75, 3.05) is 32.7 Å². The van der Waals surface area contributed by atoms with Crippen LogP contribution in [0.15, 0.2) is 58.1 Å². The molecule has 1 saturated heterocycles. The van der Waals surface area contributed by atoms with Crippen molar-refractivity contribution in [2.45, 2.75) is 32.2 Å². The van der Waals surface area contributed by atoms with Crippen molar-refractivity contribution in [3.05, 3.63) is 60.1 Å². The van der Waals surface area contributed by atoms with Crippen LogP contribution in [0.2, 0.25) is 0 Å². The number of hydrogen-bond acceptors (Lipinski definition) is 3. The Morgan fingerprint density at radius 2 is 1.92 bits per heavy atom. The molecule has 140 valence electrons. The summed E-state index contributed by atoms with van der Waals surface area (Å²) in [7, 11) is 0. The summed E-state index contributed by atoms with van der Waals surface area (Å²) in [6.07, 6.45) is 5.26. The lowest BCUT2D eigenvalue weighted by Gasteiger charge is -2.24.